The van der Waals surface area contributed by atoms with Gasteiger partial charge in [0.1, 0.15) is 5.69 Å². The number of benzene rings is 3. The van der Waals surface area contributed by atoms with Gasteiger partial charge < -0.3 is 0 Å². The molecule has 7 nitrogen and oxygen atoms in total. The molecule has 3 aromatic carbocycles. The maximum absolute atomic E-state index is 14.0. The van der Waals surface area contributed by atoms with Crippen molar-refractivity contribution >= 4 is 11.3 Å². The summed E-state index contributed by atoms with van der Waals surface area (Å²) in [5.74, 6) is 2.72. The first-order valence-electron chi connectivity index (χ1n) is 13.2. The highest BCUT2D eigenvalue weighted by Gasteiger charge is 2.21. The number of H-pyrrole nitrogens is 1. The number of aromatic nitrogens is 3. The van der Waals surface area contributed by atoms with Crippen LogP contribution in [0, 0.1) is 19.3 Å². The second kappa shape index (κ2) is 10.4. The molecule has 0 bridgehead atoms. The van der Waals surface area contributed by atoms with Gasteiger partial charge in [0.15, 0.2) is 5.65 Å². The van der Waals surface area contributed by atoms with Crippen molar-refractivity contribution in [2.24, 2.45) is 10.3 Å². The Morgan fingerprint density at radius 3 is 2.26 bits per heavy atom. The normalized spacial score (nSPS) is 13.7. The summed E-state index contributed by atoms with van der Waals surface area (Å²) < 4.78 is 1.53. The van der Waals surface area contributed by atoms with Crippen molar-refractivity contribution < 1.29 is 0 Å². The Kier molecular flexibility index (Phi) is 6.52. The number of hydrogen-bond acceptors (Lipinski definition) is 4. The molecule has 1 N–H and O–H groups in total. The molecule has 0 unspecified atom stereocenters. The second-order valence-electron chi connectivity index (χ2n) is 9.71. The predicted molar refractivity (Wildman–Crippen MR) is 155 cm³/mol. The van der Waals surface area contributed by atoms with E-state index in [9.17, 15) is 4.79 Å². The minimum Gasteiger partial charge on any atom is -0.288 e. The van der Waals surface area contributed by atoms with Crippen molar-refractivity contribution in [2.45, 2.75) is 26.2 Å². The minimum atomic E-state index is -0.192. The van der Waals surface area contributed by atoms with Crippen LogP contribution in [0.25, 0.3) is 39.2 Å². The van der Waals surface area contributed by atoms with Crippen LogP contribution >= 0.6 is 0 Å². The fourth-order valence-electron chi connectivity index (χ4n) is 5.18. The summed E-state index contributed by atoms with van der Waals surface area (Å²) in [5, 5.41) is 14.1. The molecule has 0 aliphatic carbocycles. The van der Waals surface area contributed by atoms with Gasteiger partial charge in [-0.15, -0.1) is 11.5 Å². The first-order chi connectivity index (χ1) is 19.1. The van der Waals surface area contributed by atoms with Crippen molar-refractivity contribution in [3.63, 3.8) is 0 Å². The number of aryl methyl sites for hydroxylation is 1. The Bertz CT molecular complexity index is 1770. The Hall–Kier alpha value is -4.96. The molecule has 192 valence electrons. The largest absolute Gasteiger partial charge is 0.288 e. The molecule has 0 atom stereocenters. The van der Waals surface area contributed by atoms with Crippen LogP contribution in [0.5, 0.6) is 0 Å². The second-order valence-corrected chi connectivity index (χ2v) is 9.71. The van der Waals surface area contributed by atoms with Gasteiger partial charge in [-0.2, -0.15) is 4.52 Å². The van der Waals surface area contributed by atoms with Gasteiger partial charge in [0.2, 0.25) is 0 Å². The number of terminal acetylenes is 1. The van der Waals surface area contributed by atoms with Gasteiger partial charge in [0.25, 0.3) is 5.56 Å². The van der Waals surface area contributed by atoms with Gasteiger partial charge in [0.05, 0.1) is 28.1 Å². The lowest BCUT2D eigenvalue weighted by Gasteiger charge is -2.21. The zero-order valence-electron chi connectivity index (χ0n) is 21.8. The lowest BCUT2D eigenvalue weighted by Crippen LogP contribution is -2.23. The Morgan fingerprint density at radius 2 is 1.56 bits per heavy atom. The molecular formula is C32H28N6O. The van der Waals surface area contributed by atoms with Crippen molar-refractivity contribution in [1.82, 2.24) is 19.6 Å². The first kappa shape index (κ1) is 24.4. The van der Waals surface area contributed by atoms with E-state index < -0.39 is 0 Å². The first-order valence-corrected chi connectivity index (χ1v) is 13.2. The van der Waals surface area contributed by atoms with Gasteiger partial charge >= 0.3 is 0 Å². The van der Waals surface area contributed by atoms with Crippen LogP contribution in [0.3, 0.4) is 0 Å². The van der Waals surface area contributed by atoms with Gasteiger partial charge in [0, 0.05) is 18.7 Å². The highest BCUT2D eigenvalue weighted by molar-refractivity contribution is 5.91. The Morgan fingerprint density at radius 1 is 0.872 bits per heavy atom. The molecule has 1 aliphatic rings. The van der Waals surface area contributed by atoms with Crippen LogP contribution < -0.4 is 5.56 Å². The zero-order valence-corrected chi connectivity index (χ0v) is 21.8. The molecule has 3 heterocycles. The van der Waals surface area contributed by atoms with Crippen LogP contribution in [0.15, 0.2) is 94.0 Å². The highest BCUT2D eigenvalue weighted by Crippen LogP contribution is 2.35. The number of aromatic amines is 1. The third-order valence-corrected chi connectivity index (χ3v) is 7.14. The molecule has 0 amide bonds. The van der Waals surface area contributed by atoms with Crippen LogP contribution in [-0.2, 0) is 0 Å². The number of nitrogens with zero attached hydrogens (tertiary/aromatic N) is 5. The number of hydrogen-bond donors (Lipinski definition) is 1. The molecule has 1 fully saturated rings. The number of rotatable bonds is 5. The fraction of sp³-hybridized carbons (Fsp3) is 0.188. The van der Waals surface area contributed by atoms with Crippen LogP contribution in [-0.4, -0.2) is 32.7 Å². The summed E-state index contributed by atoms with van der Waals surface area (Å²) in [6.07, 6.45) is 9.32. The highest BCUT2D eigenvalue weighted by atomic mass is 16.1. The fourth-order valence-corrected chi connectivity index (χ4v) is 5.18. The standard InChI is InChI=1S/C32H28N6O/c1-3-23-21-26(17-18-27(23)34-36-37-19-11-6-12-20-37)28-22(2)33-31-29(24-13-7-4-8-14-24)30(35-38(31)32(28)39)25-15-9-5-10-16-25/h1,4-5,7-10,13-18,21,35H,6,11-12,19-20H2,2H3. The summed E-state index contributed by atoms with van der Waals surface area (Å²) in [6.45, 7) is 3.67. The molecule has 0 spiro atoms. The summed E-state index contributed by atoms with van der Waals surface area (Å²) in [4.78, 5) is 18.9. The zero-order chi connectivity index (χ0) is 26.8. The van der Waals surface area contributed by atoms with Gasteiger partial charge in [-0.3, -0.25) is 14.9 Å². The van der Waals surface area contributed by atoms with E-state index in [1.165, 1.54) is 10.9 Å². The molecular weight excluding hydrogens is 484 g/mol. The van der Waals surface area contributed by atoms with Gasteiger partial charge in [-0.1, -0.05) is 77.9 Å². The minimum absolute atomic E-state index is 0.192. The average molecular weight is 513 g/mol. The Balaban J connectivity index is 1.48. The molecule has 2 aromatic heterocycles. The van der Waals surface area contributed by atoms with Crippen LogP contribution in [0.1, 0.15) is 30.5 Å². The van der Waals surface area contributed by atoms with Crippen molar-refractivity contribution in [3.8, 4) is 45.9 Å². The van der Waals surface area contributed by atoms with Gasteiger partial charge in [-0.25, -0.2) is 4.98 Å². The van der Waals surface area contributed by atoms with E-state index in [2.05, 4.69) is 21.4 Å². The smallest absolute Gasteiger partial charge is 0.280 e. The molecule has 1 saturated heterocycles. The van der Waals surface area contributed by atoms with Crippen LogP contribution in [0.4, 0.5) is 5.69 Å². The number of nitrogens with one attached hydrogen (secondary N) is 1. The molecule has 0 radical (unpaired) electrons. The van der Waals surface area contributed by atoms with E-state index in [0.29, 0.717) is 33.7 Å². The summed E-state index contributed by atoms with van der Waals surface area (Å²) in [5.41, 5.74) is 7.05. The molecule has 5 aromatic rings. The third-order valence-electron chi connectivity index (χ3n) is 7.14. The lowest BCUT2D eigenvalue weighted by molar-refractivity contribution is 0.224. The van der Waals surface area contributed by atoms with E-state index in [1.54, 1.807) is 0 Å². The molecule has 7 heteroatoms. The van der Waals surface area contributed by atoms with E-state index in [1.807, 2.05) is 90.8 Å². The van der Waals surface area contributed by atoms with Crippen molar-refractivity contribution in [3.05, 3.63) is 100 Å². The number of fused-ring (bicyclic) bond motifs is 1. The lowest BCUT2D eigenvalue weighted by atomic mass is 10.0. The monoisotopic (exact) mass is 512 g/mol. The molecule has 1 aliphatic heterocycles. The van der Waals surface area contributed by atoms with Gasteiger partial charge in [-0.05, 0) is 49.4 Å². The van der Waals surface area contributed by atoms with E-state index >= 15 is 0 Å². The SMILES string of the molecule is C#Cc1cc(-c2c(C)nc3c(-c4ccccc4)c(-c4ccccc4)[nH]n3c2=O)ccc1N=NN1CCCCC1. The van der Waals surface area contributed by atoms with Crippen LogP contribution in [0.2, 0.25) is 0 Å². The molecule has 39 heavy (non-hydrogen) atoms. The van der Waals surface area contributed by atoms with E-state index in [0.717, 1.165) is 48.3 Å². The maximum Gasteiger partial charge on any atom is 0.280 e. The summed E-state index contributed by atoms with van der Waals surface area (Å²) in [7, 11) is 0. The molecule has 6 rings (SSSR count). The Labute approximate surface area is 226 Å². The predicted octanol–water partition coefficient (Wildman–Crippen LogP) is 6.80. The van der Waals surface area contributed by atoms with Crippen molar-refractivity contribution in [2.75, 3.05) is 13.1 Å². The van der Waals surface area contributed by atoms with E-state index in [4.69, 9.17) is 11.4 Å². The van der Waals surface area contributed by atoms with E-state index in [-0.39, 0.29) is 5.56 Å². The maximum atomic E-state index is 14.0. The average Bonchev–Trinajstić information content (AvgIpc) is 3.37. The topological polar surface area (TPSA) is 78.1 Å². The summed E-state index contributed by atoms with van der Waals surface area (Å²) >= 11 is 0. The quantitative estimate of drug-likeness (QED) is 0.208. The van der Waals surface area contributed by atoms with Crippen molar-refractivity contribution in [1.29, 1.82) is 0 Å². The summed E-state index contributed by atoms with van der Waals surface area (Å²) in [6, 6.07) is 25.5. The third kappa shape index (κ3) is 4.62. The molecule has 0 saturated carbocycles. The number of piperidine rings is 1.